The van der Waals surface area contributed by atoms with Gasteiger partial charge in [0.05, 0.1) is 12.8 Å². The summed E-state index contributed by atoms with van der Waals surface area (Å²) in [5.74, 6) is 1.63. The lowest BCUT2D eigenvalue weighted by atomic mass is 9.99. The number of piperidine rings is 1. The second kappa shape index (κ2) is 6.16. The number of hydrogen-bond donors (Lipinski definition) is 0. The smallest absolute Gasteiger partial charge is 0.273 e. The zero-order valence-corrected chi connectivity index (χ0v) is 13.9. The van der Waals surface area contributed by atoms with Gasteiger partial charge < -0.3 is 9.64 Å². The first-order chi connectivity index (χ1) is 11.3. The highest BCUT2D eigenvalue weighted by Gasteiger charge is 2.23. The van der Waals surface area contributed by atoms with Crippen LogP contribution in [-0.2, 0) is 0 Å². The Morgan fingerprint density at radius 1 is 1.39 bits per heavy atom. The van der Waals surface area contributed by atoms with Crippen LogP contribution in [0.2, 0.25) is 0 Å². The molecular formula is C16H19N5OS. The van der Waals surface area contributed by atoms with E-state index < -0.39 is 0 Å². The summed E-state index contributed by atoms with van der Waals surface area (Å²) >= 11 is 1.54. The number of aromatic nitrogens is 4. The Morgan fingerprint density at radius 2 is 2.35 bits per heavy atom. The predicted molar refractivity (Wildman–Crippen MR) is 90.3 cm³/mol. The molecule has 1 fully saturated rings. The van der Waals surface area contributed by atoms with Crippen molar-refractivity contribution >= 4 is 22.8 Å². The van der Waals surface area contributed by atoms with Crippen molar-refractivity contribution in [3.8, 4) is 5.19 Å². The summed E-state index contributed by atoms with van der Waals surface area (Å²) < 4.78 is 7.74. The van der Waals surface area contributed by atoms with Crippen molar-refractivity contribution in [2.24, 2.45) is 5.92 Å². The Balaban J connectivity index is 1.51. The van der Waals surface area contributed by atoms with Crippen LogP contribution in [0.5, 0.6) is 5.19 Å². The van der Waals surface area contributed by atoms with Gasteiger partial charge >= 0.3 is 0 Å². The van der Waals surface area contributed by atoms with E-state index in [1.165, 1.54) is 6.42 Å². The molecule has 0 spiro atoms. The van der Waals surface area contributed by atoms with Gasteiger partial charge in [-0.3, -0.25) is 0 Å². The van der Waals surface area contributed by atoms with Crippen LogP contribution in [0.3, 0.4) is 0 Å². The number of nitrogens with zero attached hydrogens (tertiary/aromatic N) is 5. The van der Waals surface area contributed by atoms with E-state index in [0.717, 1.165) is 48.5 Å². The standard InChI is InChI=1S/C16H19N5OS/c1-12-9-15(21-14(19-12)4-5-18-21)20-7-2-3-13(10-20)11-22-16-17-6-8-23-16/h4-6,8-9,13H,2-3,7,10-11H2,1H3. The maximum absolute atomic E-state index is 5.81. The van der Waals surface area contributed by atoms with Crippen molar-refractivity contribution in [2.75, 3.05) is 24.6 Å². The topological polar surface area (TPSA) is 55.5 Å². The molecule has 1 unspecified atom stereocenters. The van der Waals surface area contributed by atoms with E-state index in [1.807, 2.05) is 22.9 Å². The van der Waals surface area contributed by atoms with Crippen LogP contribution < -0.4 is 9.64 Å². The SMILES string of the molecule is Cc1cc(N2CCCC(COc3nccs3)C2)n2nccc2n1. The summed E-state index contributed by atoms with van der Waals surface area (Å²) in [4.78, 5) is 11.1. The summed E-state index contributed by atoms with van der Waals surface area (Å²) in [5, 5.41) is 7.12. The van der Waals surface area contributed by atoms with Crippen molar-refractivity contribution in [2.45, 2.75) is 19.8 Å². The predicted octanol–water partition coefficient (Wildman–Crippen LogP) is 2.79. The van der Waals surface area contributed by atoms with E-state index in [4.69, 9.17) is 4.74 Å². The fraction of sp³-hybridized carbons (Fsp3) is 0.438. The number of rotatable bonds is 4. The minimum Gasteiger partial charge on any atom is -0.470 e. The van der Waals surface area contributed by atoms with Crippen molar-refractivity contribution < 1.29 is 4.74 Å². The second-order valence-corrected chi connectivity index (χ2v) is 6.78. The molecule has 1 aliphatic rings. The van der Waals surface area contributed by atoms with Crippen molar-refractivity contribution in [3.63, 3.8) is 0 Å². The van der Waals surface area contributed by atoms with Crippen LogP contribution >= 0.6 is 11.3 Å². The summed E-state index contributed by atoms with van der Waals surface area (Å²) in [6.45, 7) is 4.77. The quantitative estimate of drug-likeness (QED) is 0.737. The largest absolute Gasteiger partial charge is 0.470 e. The van der Waals surface area contributed by atoms with Crippen LogP contribution in [-0.4, -0.2) is 39.3 Å². The van der Waals surface area contributed by atoms with E-state index in [0.29, 0.717) is 5.92 Å². The third-order valence-electron chi connectivity index (χ3n) is 4.16. The second-order valence-electron chi connectivity index (χ2n) is 5.92. The zero-order chi connectivity index (χ0) is 15.6. The Morgan fingerprint density at radius 3 is 3.22 bits per heavy atom. The zero-order valence-electron chi connectivity index (χ0n) is 13.1. The fourth-order valence-electron chi connectivity index (χ4n) is 3.12. The van der Waals surface area contributed by atoms with Gasteiger partial charge in [-0.05, 0) is 19.8 Å². The summed E-state index contributed by atoms with van der Waals surface area (Å²) in [6.07, 6.45) is 5.93. The first kappa shape index (κ1) is 14.4. The number of anilines is 1. The number of ether oxygens (including phenoxy) is 1. The highest BCUT2D eigenvalue weighted by molar-refractivity contribution is 7.11. The summed E-state index contributed by atoms with van der Waals surface area (Å²) in [7, 11) is 0. The lowest BCUT2D eigenvalue weighted by Crippen LogP contribution is -2.38. The van der Waals surface area contributed by atoms with Gasteiger partial charge in [0.1, 0.15) is 5.82 Å². The van der Waals surface area contributed by atoms with Gasteiger partial charge in [0.25, 0.3) is 5.19 Å². The first-order valence-electron chi connectivity index (χ1n) is 7.88. The molecule has 6 nitrogen and oxygen atoms in total. The maximum atomic E-state index is 5.81. The van der Waals surface area contributed by atoms with Crippen LogP contribution in [0.4, 0.5) is 5.82 Å². The molecule has 0 aliphatic carbocycles. The Hall–Kier alpha value is -2.15. The third kappa shape index (κ3) is 3.01. The van der Waals surface area contributed by atoms with E-state index in [1.54, 1.807) is 23.7 Å². The molecule has 1 atom stereocenters. The normalized spacial score (nSPS) is 18.5. The minimum atomic E-state index is 0.506. The summed E-state index contributed by atoms with van der Waals surface area (Å²) in [5.41, 5.74) is 1.93. The maximum Gasteiger partial charge on any atom is 0.273 e. The van der Waals surface area contributed by atoms with Crippen LogP contribution in [0.15, 0.2) is 29.9 Å². The number of thiazole rings is 1. The van der Waals surface area contributed by atoms with Gasteiger partial charge in [0.2, 0.25) is 0 Å². The average molecular weight is 329 g/mol. The molecule has 4 rings (SSSR count). The van der Waals surface area contributed by atoms with Crippen LogP contribution in [0.1, 0.15) is 18.5 Å². The molecule has 4 heterocycles. The molecule has 7 heteroatoms. The molecule has 1 aliphatic heterocycles. The van der Waals surface area contributed by atoms with Gasteiger partial charge in [-0.1, -0.05) is 11.3 Å². The molecule has 1 saturated heterocycles. The molecule has 0 amide bonds. The fourth-order valence-corrected chi connectivity index (χ4v) is 3.62. The Bertz CT molecular complexity index is 785. The van der Waals surface area contributed by atoms with Crippen molar-refractivity contribution in [1.82, 2.24) is 19.6 Å². The highest BCUT2D eigenvalue weighted by atomic mass is 32.1. The Labute approximate surface area is 138 Å². The monoisotopic (exact) mass is 329 g/mol. The van der Waals surface area contributed by atoms with Crippen LogP contribution in [0, 0.1) is 12.8 Å². The molecular weight excluding hydrogens is 310 g/mol. The molecule has 0 saturated carbocycles. The lowest BCUT2D eigenvalue weighted by molar-refractivity contribution is 0.227. The lowest BCUT2D eigenvalue weighted by Gasteiger charge is -2.34. The molecule has 0 aromatic carbocycles. The van der Waals surface area contributed by atoms with Crippen molar-refractivity contribution in [3.05, 3.63) is 35.6 Å². The summed E-state index contributed by atoms with van der Waals surface area (Å²) in [6, 6.07) is 4.06. The van der Waals surface area contributed by atoms with Gasteiger partial charge in [-0.25, -0.2) is 9.97 Å². The molecule has 23 heavy (non-hydrogen) atoms. The van der Waals surface area contributed by atoms with E-state index in [9.17, 15) is 0 Å². The minimum absolute atomic E-state index is 0.506. The first-order valence-corrected chi connectivity index (χ1v) is 8.76. The number of hydrogen-bond acceptors (Lipinski definition) is 6. The van der Waals surface area contributed by atoms with Gasteiger partial charge in [0, 0.05) is 48.4 Å². The Kier molecular flexibility index (Phi) is 3.87. The molecule has 0 bridgehead atoms. The number of fused-ring (bicyclic) bond motifs is 1. The van der Waals surface area contributed by atoms with Crippen LogP contribution in [0.25, 0.3) is 5.65 Å². The van der Waals surface area contributed by atoms with Gasteiger partial charge in [0.15, 0.2) is 5.65 Å². The third-order valence-corrected chi connectivity index (χ3v) is 4.85. The molecule has 120 valence electrons. The van der Waals surface area contributed by atoms with Gasteiger partial charge in [-0.15, -0.1) is 0 Å². The van der Waals surface area contributed by atoms with E-state index in [2.05, 4.69) is 26.0 Å². The van der Waals surface area contributed by atoms with E-state index >= 15 is 0 Å². The molecule has 0 radical (unpaired) electrons. The number of aryl methyl sites for hydroxylation is 1. The van der Waals surface area contributed by atoms with E-state index in [-0.39, 0.29) is 0 Å². The average Bonchev–Trinajstić information content (AvgIpc) is 3.23. The molecule has 0 N–H and O–H groups in total. The van der Waals surface area contributed by atoms with Crippen molar-refractivity contribution in [1.29, 1.82) is 0 Å². The molecule has 3 aromatic heterocycles. The highest BCUT2D eigenvalue weighted by Crippen LogP contribution is 2.25. The van der Waals surface area contributed by atoms with Gasteiger partial charge in [-0.2, -0.15) is 9.61 Å². The molecule has 3 aromatic rings.